The molecule has 0 radical (unpaired) electrons. The number of hydrogen-bond donors (Lipinski definition) is 2. The molecule has 0 aliphatic rings. The molecule has 3 N–H and O–H groups in total. The van der Waals surface area contributed by atoms with Crippen LogP contribution in [-0.2, 0) is 6.54 Å². The maximum absolute atomic E-state index is 5.57. The van der Waals surface area contributed by atoms with Crippen molar-refractivity contribution in [1.29, 1.82) is 0 Å². The number of aryl methyl sites for hydroxylation is 2. The predicted octanol–water partition coefficient (Wildman–Crippen LogP) is 2.24. The van der Waals surface area contributed by atoms with Crippen molar-refractivity contribution in [3.05, 3.63) is 35.0 Å². The molecule has 1 aromatic heterocycles. The van der Waals surface area contributed by atoms with E-state index in [1.165, 1.54) is 22.0 Å². The summed E-state index contributed by atoms with van der Waals surface area (Å²) in [5.74, 6) is 0. The van der Waals surface area contributed by atoms with Gasteiger partial charge in [-0.15, -0.1) is 0 Å². The van der Waals surface area contributed by atoms with Crippen LogP contribution in [0.2, 0.25) is 0 Å². The molecule has 0 bridgehead atoms. The number of aromatic nitrogens is 1. The highest BCUT2D eigenvalue weighted by atomic mass is 14.7. The van der Waals surface area contributed by atoms with E-state index in [-0.39, 0.29) is 0 Å². The summed E-state index contributed by atoms with van der Waals surface area (Å²) >= 11 is 0. The zero-order valence-electron chi connectivity index (χ0n) is 8.02. The Morgan fingerprint density at radius 1 is 1.23 bits per heavy atom. The van der Waals surface area contributed by atoms with E-state index in [1.807, 2.05) is 0 Å². The zero-order chi connectivity index (χ0) is 9.42. The van der Waals surface area contributed by atoms with Crippen LogP contribution < -0.4 is 5.73 Å². The molecule has 0 fully saturated rings. The minimum atomic E-state index is 0.577. The highest BCUT2D eigenvalue weighted by molar-refractivity contribution is 5.84. The standard InChI is InChI=1S/C11H14N2/c1-7-3-8(2)10-5-9(6-12)13-11(10)4-7/h3-5,13H,6,12H2,1-2H3. The van der Waals surface area contributed by atoms with E-state index < -0.39 is 0 Å². The van der Waals surface area contributed by atoms with Crippen molar-refractivity contribution < 1.29 is 0 Å². The third-order valence-electron chi connectivity index (χ3n) is 2.36. The summed E-state index contributed by atoms with van der Waals surface area (Å²) in [5.41, 5.74) is 10.5. The summed E-state index contributed by atoms with van der Waals surface area (Å²) in [6.45, 7) is 4.81. The molecule has 0 aliphatic carbocycles. The van der Waals surface area contributed by atoms with Crippen molar-refractivity contribution in [2.75, 3.05) is 0 Å². The molecule has 1 aromatic carbocycles. The van der Waals surface area contributed by atoms with Crippen molar-refractivity contribution >= 4 is 10.9 Å². The molecule has 0 saturated carbocycles. The van der Waals surface area contributed by atoms with E-state index in [1.54, 1.807) is 0 Å². The van der Waals surface area contributed by atoms with Gasteiger partial charge in [-0.1, -0.05) is 6.07 Å². The zero-order valence-corrected chi connectivity index (χ0v) is 8.02. The second-order valence-corrected chi connectivity index (χ2v) is 3.54. The molecule has 0 aliphatic heterocycles. The maximum atomic E-state index is 5.57. The highest BCUT2D eigenvalue weighted by Crippen LogP contribution is 2.20. The van der Waals surface area contributed by atoms with Gasteiger partial charge in [0.05, 0.1) is 0 Å². The average molecular weight is 174 g/mol. The SMILES string of the molecule is Cc1cc(C)c2cc(CN)[nH]c2c1. The van der Waals surface area contributed by atoms with Gasteiger partial charge in [-0.05, 0) is 37.1 Å². The van der Waals surface area contributed by atoms with Crippen molar-refractivity contribution in [3.63, 3.8) is 0 Å². The Bertz CT molecular complexity index is 441. The van der Waals surface area contributed by atoms with Gasteiger partial charge in [-0.3, -0.25) is 0 Å². The van der Waals surface area contributed by atoms with E-state index in [2.05, 4.69) is 37.0 Å². The van der Waals surface area contributed by atoms with Crippen LogP contribution in [0.4, 0.5) is 0 Å². The molecule has 13 heavy (non-hydrogen) atoms. The van der Waals surface area contributed by atoms with Crippen LogP contribution in [0.3, 0.4) is 0 Å². The number of fused-ring (bicyclic) bond motifs is 1. The van der Waals surface area contributed by atoms with Gasteiger partial charge in [0.2, 0.25) is 0 Å². The summed E-state index contributed by atoms with van der Waals surface area (Å²) < 4.78 is 0. The number of nitrogens with two attached hydrogens (primary N) is 1. The Morgan fingerprint density at radius 2 is 2.00 bits per heavy atom. The lowest BCUT2D eigenvalue weighted by molar-refractivity contribution is 1.02. The summed E-state index contributed by atoms with van der Waals surface area (Å²) in [4.78, 5) is 3.30. The summed E-state index contributed by atoms with van der Waals surface area (Å²) in [6, 6.07) is 6.47. The Kier molecular flexibility index (Phi) is 1.85. The lowest BCUT2D eigenvalue weighted by Crippen LogP contribution is -1.94. The Morgan fingerprint density at radius 3 is 2.69 bits per heavy atom. The highest BCUT2D eigenvalue weighted by Gasteiger charge is 2.02. The fourth-order valence-corrected chi connectivity index (χ4v) is 1.77. The van der Waals surface area contributed by atoms with Gasteiger partial charge in [0.25, 0.3) is 0 Å². The minimum absolute atomic E-state index is 0.577. The molecular formula is C11H14N2. The molecule has 0 spiro atoms. The summed E-state index contributed by atoms with van der Waals surface area (Å²) in [7, 11) is 0. The summed E-state index contributed by atoms with van der Waals surface area (Å²) in [6.07, 6.45) is 0. The lowest BCUT2D eigenvalue weighted by Gasteiger charge is -1.97. The molecule has 2 aromatic rings. The number of H-pyrrole nitrogens is 1. The predicted molar refractivity (Wildman–Crippen MR) is 55.7 cm³/mol. The molecule has 0 unspecified atom stereocenters. The largest absolute Gasteiger partial charge is 0.357 e. The Hall–Kier alpha value is -1.28. The quantitative estimate of drug-likeness (QED) is 0.684. The number of rotatable bonds is 1. The van der Waals surface area contributed by atoms with Crippen LogP contribution in [0.5, 0.6) is 0 Å². The van der Waals surface area contributed by atoms with Gasteiger partial charge >= 0.3 is 0 Å². The third kappa shape index (κ3) is 1.33. The third-order valence-corrected chi connectivity index (χ3v) is 2.36. The van der Waals surface area contributed by atoms with Crippen molar-refractivity contribution in [2.24, 2.45) is 5.73 Å². The molecular weight excluding hydrogens is 160 g/mol. The van der Waals surface area contributed by atoms with Crippen LogP contribution in [0.1, 0.15) is 16.8 Å². The van der Waals surface area contributed by atoms with E-state index >= 15 is 0 Å². The summed E-state index contributed by atoms with van der Waals surface area (Å²) in [5, 5.41) is 1.28. The molecule has 0 amide bonds. The normalized spacial score (nSPS) is 11.0. The van der Waals surface area contributed by atoms with Crippen molar-refractivity contribution in [1.82, 2.24) is 4.98 Å². The van der Waals surface area contributed by atoms with Crippen LogP contribution in [0.25, 0.3) is 10.9 Å². The molecule has 1 heterocycles. The fraction of sp³-hybridized carbons (Fsp3) is 0.273. The minimum Gasteiger partial charge on any atom is -0.357 e. The van der Waals surface area contributed by atoms with Crippen LogP contribution >= 0.6 is 0 Å². The topological polar surface area (TPSA) is 41.8 Å². The first-order valence-corrected chi connectivity index (χ1v) is 4.49. The van der Waals surface area contributed by atoms with Gasteiger partial charge in [0, 0.05) is 23.1 Å². The number of nitrogens with one attached hydrogen (secondary N) is 1. The molecule has 0 atom stereocenters. The number of benzene rings is 1. The van der Waals surface area contributed by atoms with E-state index in [0.717, 1.165) is 5.69 Å². The van der Waals surface area contributed by atoms with Gasteiger partial charge in [-0.2, -0.15) is 0 Å². The van der Waals surface area contributed by atoms with Gasteiger partial charge < -0.3 is 10.7 Å². The second kappa shape index (κ2) is 2.89. The van der Waals surface area contributed by atoms with E-state index in [0.29, 0.717) is 6.54 Å². The van der Waals surface area contributed by atoms with Crippen molar-refractivity contribution in [3.8, 4) is 0 Å². The van der Waals surface area contributed by atoms with E-state index in [9.17, 15) is 0 Å². The molecule has 2 heteroatoms. The van der Waals surface area contributed by atoms with Crippen molar-refractivity contribution in [2.45, 2.75) is 20.4 Å². The van der Waals surface area contributed by atoms with Crippen LogP contribution in [0.15, 0.2) is 18.2 Å². The number of aromatic amines is 1. The van der Waals surface area contributed by atoms with Gasteiger partial charge in [-0.25, -0.2) is 0 Å². The molecule has 68 valence electrons. The Balaban J connectivity index is 2.75. The van der Waals surface area contributed by atoms with E-state index in [4.69, 9.17) is 5.73 Å². The average Bonchev–Trinajstić information content (AvgIpc) is 2.47. The van der Waals surface area contributed by atoms with Crippen LogP contribution in [-0.4, -0.2) is 4.98 Å². The first-order chi connectivity index (χ1) is 6.20. The fourth-order valence-electron chi connectivity index (χ4n) is 1.77. The Labute approximate surface area is 77.8 Å². The molecule has 0 saturated heterocycles. The van der Waals surface area contributed by atoms with Gasteiger partial charge in [0.1, 0.15) is 0 Å². The van der Waals surface area contributed by atoms with Gasteiger partial charge in [0.15, 0.2) is 0 Å². The maximum Gasteiger partial charge on any atom is 0.0461 e. The second-order valence-electron chi connectivity index (χ2n) is 3.54. The molecule has 2 rings (SSSR count). The number of hydrogen-bond acceptors (Lipinski definition) is 1. The first-order valence-electron chi connectivity index (χ1n) is 4.49. The molecule has 2 nitrogen and oxygen atoms in total. The van der Waals surface area contributed by atoms with Crippen LogP contribution in [0, 0.1) is 13.8 Å². The lowest BCUT2D eigenvalue weighted by atomic mass is 10.1. The smallest absolute Gasteiger partial charge is 0.0461 e. The monoisotopic (exact) mass is 174 g/mol. The first kappa shape index (κ1) is 8.32.